The maximum Gasteiger partial charge on any atom is 0.307 e. The SMILES string of the molecule is C1=CC2C=NC=[N+]2N=C1. The molecule has 9 heavy (non-hydrogen) atoms. The van der Waals surface area contributed by atoms with E-state index in [0.29, 0.717) is 0 Å². The van der Waals surface area contributed by atoms with Gasteiger partial charge in [0.1, 0.15) is 0 Å². The maximum absolute atomic E-state index is 4.03. The lowest BCUT2D eigenvalue weighted by molar-refractivity contribution is -0.535. The van der Waals surface area contributed by atoms with Crippen molar-refractivity contribution < 1.29 is 4.68 Å². The van der Waals surface area contributed by atoms with Crippen LogP contribution in [0.4, 0.5) is 0 Å². The van der Waals surface area contributed by atoms with Crippen LogP contribution in [0.3, 0.4) is 0 Å². The Balaban J connectivity index is 2.40. The fourth-order valence-corrected chi connectivity index (χ4v) is 0.864. The van der Waals surface area contributed by atoms with E-state index in [1.807, 2.05) is 18.4 Å². The molecule has 0 fully saturated rings. The largest absolute Gasteiger partial charge is 0.307 e. The van der Waals surface area contributed by atoms with Gasteiger partial charge in [0, 0.05) is 0 Å². The molecule has 44 valence electrons. The van der Waals surface area contributed by atoms with Gasteiger partial charge in [-0.3, -0.25) is 0 Å². The van der Waals surface area contributed by atoms with E-state index in [2.05, 4.69) is 10.1 Å². The standard InChI is InChI=1S/C6H6N3/c1-2-6-4-7-5-9(6)8-3-1/h1-6H/q+1. The molecule has 0 aromatic heterocycles. The fourth-order valence-electron chi connectivity index (χ4n) is 0.864. The zero-order valence-corrected chi connectivity index (χ0v) is 4.81. The van der Waals surface area contributed by atoms with Crippen molar-refractivity contribution in [3.8, 4) is 0 Å². The highest BCUT2D eigenvalue weighted by Gasteiger charge is 2.19. The molecule has 0 saturated heterocycles. The number of hydrogen-bond acceptors (Lipinski definition) is 2. The first-order chi connectivity index (χ1) is 4.47. The van der Waals surface area contributed by atoms with E-state index < -0.39 is 0 Å². The van der Waals surface area contributed by atoms with Gasteiger partial charge in [-0.15, -0.1) is 4.68 Å². The molecule has 2 aliphatic heterocycles. The zero-order valence-electron chi connectivity index (χ0n) is 4.81. The number of aliphatic imine (C=N–C) groups is 1. The van der Waals surface area contributed by atoms with Gasteiger partial charge in [-0.1, -0.05) is 10.1 Å². The number of rotatable bonds is 0. The number of hydrazone groups is 1. The lowest BCUT2D eigenvalue weighted by atomic mass is 10.3. The van der Waals surface area contributed by atoms with Gasteiger partial charge < -0.3 is 0 Å². The predicted octanol–water partition coefficient (Wildman–Crippen LogP) is 0.0358. The summed E-state index contributed by atoms with van der Waals surface area (Å²) in [6, 6.07) is 0.273. The molecule has 2 aliphatic rings. The number of fused-ring (bicyclic) bond motifs is 1. The van der Waals surface area contributed by atoms with Crippen molar-refractivity contribution in [1.82, 2.24) is 0 Å². The van der Waals surface area contributed by atoms with Crippen LogP contribution in [-0.4, -0.2) is 29.5 Å². The van der Waals surface area contributed by atoms with Crippen molar-refractivity contribution in [1.29, 1.82) is 0 Å². The second-order valence-corrected chi connectivity index (χ2v) is 1.93. The van der Waals surface area contributed by atoms with Gasteiger partial charge in [0.15, 0.2) is 12.3 Å². The minimum absolute atomic E-state index is 0.273. The molecule has 0 amide bonds. The summed E-state index contributed by atoms with van der Waals surface area (Å²) < 4.78 is 1.81. The minimum atomic E-state index is 0.273. The Morgan fingerprint density at radius 1 is 1.44 bits per heavy atom. The second kappa shape index (κ2) is 1.62. The molecule has 3 heteroatoms. The summed E-state index contributed by atoms with van der Waals surface area (Å²) in [7, 11) is 0. The Kier molecular flexibility index (Phi) is 0.828. The molecule has 2 heterocycles. The van der Waals surface area contributed by atoms with Crippen molar-refractivity contribution in [3.05, 3.63) is 12.2 Å². The zero-order chi connectivity index (χ0) is 6.10. The van der Waals surface area contributed by atoms with Gasteiger partial charge in [-0.2, -0.15) is 0 Å². The highest BCUT2D eigenvalue weighted by atomic mass is 15.4. The lowest BCUT2D eigenvalue weighted by Gasteiger charge is -1.99. The first-order valence-electron chi connectivity index (χ1n) is 2.82. The van der Waals surface area contributed by atoms with Crippen molar-refractivity contribution >= 4 is 18.8 Å². The number of nitrogens with zero attached hydrogens (tertiary/aromatic N) is 3. The van der Waals surface area contributed by atoms with E-state index in [0.717, 1.165) is 0 Å². The summed E-state index contributed by atoms with van der Waals surface area (Å²) in [5.74, 6) is 0. The third kappa shape index (κ3) is 0.614. The van der Waals surface area contributed by atoms with Crippen LogP contribution in [0, 0.1) is 0 Å². The minimum Gasteiger partial charge on any atom is -0.122 e. The van der Waals surface area contributed by atoms with Crippen LogP contribution in [0.5, 0.6) is 0 Å². The van der Waals surface area contributed by atoms with Gasteiger partial charge in [-0.25, -0.2) is 0 Å². The average Bonchev–Trinajstić information content (AvgIpc) is 2.33. The normalized spacial score (nSPS) is 28.4. The topological polar surface area (TPSA) is 27.7 Å². The van der Waals surface area contributed by atoms with Gasteiger partial charge in [0.2, 0.25) is 0 Å². The first kappa shape index (κ1) is 4.61. The van der Waals surface area contributed by atoms with Crippen molar-refractivity contribution in [3.63, 3.8) is 0 Å². The molecule has 0 aromatic rings. The van der Waals surface area contributed by atoms with Crippen LogP contribution in [0.1, 0.15) is 0 Å². The van der Waals surface area contributed by atoms with Gasteiger partial charge in [0.05, 0.1) is 6.21 Å². The molecule has 0 spiro atoms. The fraction of sp³-hybridized carbons (Fsp3) is 0.167. The summed E-state index contributed by atoms with van der Waals surface area (Å²) in [4.78, 5) is 3.94. The highest BCUT2D eigenvalue weighted by molar-refractivity contribution is 5.82. The molecule has 0 aromatic carbocycles. The molecule has 0 N–H and O–H groups in total. The van der Waals surface area contributed by atoms with E-state index in [1.54, 1.807) is 17.2 Å². The third-order valence-corrected chi connectivity index (χ3v) is 1.32. The highest BCUT2D eigenvalue weighted by Crippen LogP contribution is 2.00. The van der Waals surface area contributed by atoms with Crippen molar-refractivity contribution in [2.24, 2.45) is 10.1 Å². The third-order valence-electron chi connectivity index (χ3n) is 1.32. The summed E-state index contributed by atoms with van der Waals surface area (Å²) in [5, 5.41) is 4.03. The van der Waals surface area contributed by atoms with Crippen LogP contribution in [-0.2, 0) is 0 Å². The van der Waals surface area contributed by atoms with Crippen molar-refractivity contribution in [2.45, 2.75) is 6.04 Å². The lowest BCUT2D eigenvalue weighted by Crippen LogP contribution is -2.19. The quantitative estimate of drug-likeness (QED) is 0.404. The molecule has 0 bridgehead atoms. The molecule has 3 nitrogen and oxygen atoms in total. The summed E-state index contributed by atoms with van der Waals surface area (Å²) >= 11 is 0. The van der Waals surface area contributed by atoms with Crippen LogP contribution < -0.4 is 0 Å². The molecule has 0 saturated carbocycles. The van der Waals surface area contributed by atoms with E-state index in [4.69, 9.17) is 0 Å². The van der Waals surface area contributed by atoms with Crippen LogP contribution in [0.25, 0.3) is 0 Å². The predicted molar refractivity (Wildman–Crippen MR) is 36.2 cm³/mol. The molecule has 0 radical (unpaired) electrons. The van der Waals surface area contributed by atoms with Gasteiger partial charge >= 0.3 is 6.34 Å². The number of hydrogen-bond donors (Lipinski definition) is 0. The Hall–Kier alpha value is -1.25. The molecule has 0 aliphatic carbocycles. The van der Waals surface area contributed by atoms with E-state index in [-0.39, 0.29) is 6.04 Å². The van der Waals surface area contributed by atoms with Gasteiger partial charge in [-0.05, 0) is 12.2 Å². The Labute approximate surface area is 52.7 Å². The molecular weight excluding hydrogens is 114 g/mol. The van der Waals surface area contributed by atoms with Crippen LogP contribution >= 0.6 is 0 Å². The molecular formula is C6H6N3+. The van der Waals surface area contributed by atoms with Gasteiger partial charge in [0.25, 0.3) is 0 Å². The molecule has 1 unspecified atom stereocenters. The summed E-state index contributed by atoms with van der Waals surface area (Å²) in [6.07, 6.45) is 9.28. The average molecular weight is 120 g/mol. The molecule has 2 rings (SSSR count). The summed E-state index contributed by atoms with van der Waals surface area (Å²) in [6.45, 7) is 0. The summed E-state index contributed by atoms with van der Waals surface area (Å²) in [5.41, 5.74) is 0. The Morgan fingerprint density at radius 2 is 2.44 bits per heavy atom. The van der Waals surface area contributed by atoms with Crippen LogP contribution in [0.2, 0.25) is 0 Å². The maximum atomic E-state index is 4.03. The van der Waals surface area contributed by atoms with Crippen LogP contribution in [0.15, 0.2) is 22.2 Å². The van der Waals surface area contributed by atoms with E-state index in [1.165, 1.54) is 0 Å². The number of allylic oxidation sites excluding steroid dienone is 1. The monoisotopic (exact) mass is 120 g/mol. The Morgan fingerprint density at radius 3 is 3.33 bits per heavy atom. The van der Waals surface area contributed by atoms with Crippen molar-refractivity contribution in [2.75, 3.05) is 0 Å². The first-order valence-corrected chi connectivity index (χ1v) is 2.82. The van der Waals surface area contributed by atoms with E-state index in [9.17, 15) is 0 Å². The molecule has 1 atom stereocenters. The van der Waals surface area contributed by atoms with E-state index >= 15 is 0 Å². The smallest absolute Gasteiger partial charge is 0.122 e. The second-order valence-electron chi connectivity index (χ2n) is 1.93. The Bertz CT molecular complexity index is 235.